The molecule has 0 amide bonds. The lowest BCUT2D eigenvalue weighted by atomic mass is 10.1. The van der Waals surface area contributed by atoms with E-state index in [1.165, 1.54) is 30.0 Å². The Labute approximate surface area is 99.7 Å². The second kappa shape index (κ2) is 5.32. The number of nitrogens with zero attached hydrogens (tertiary/aromatic N) is 1. The quantitative estimate of drug-likeness (QED) is 0.885. The molecular weight excluding hydrogens is 224 g/mol. The van der Waals surface area contributed by atoms with E-state index in [2.05, 4.69) is 22.1 Å². The van der Waals surface area contributed by atoms with Crippen LogP contribution in [0.1, 0.15) is 42.9 Å². The molecule has 0 unspecified atom stereocenters. The van der Waals surface area contributed by atoms with E-state index in [1.54, 1.807) is 11.3 Å². The highest BCUT2D eigenvalue weighted by atomic mass is 32.2. The highest BCUT2D eigenvalue weighted by molar-refractivity contribution is 7.99. The van der Waals surface area contributed by atoms with E-state index in [-0.39, 0.29) is 6.04 Å². The van der Waals surface area contributed by atoms with Gasteiger partial charge in [0.25, 0.3) is 0 Å². The highest BCUT2D eigenvalue weighted by Gasteiger charge is 2.16. The lowest BCUT2D eigenvalue weighted by Gasteiger charge is -2.19. The van der Waals surface area contributed by atoms with Crippen LogP contribution in [-0.2, 0) is 6.42 Å². The number of hydrogen-bond acceptors (Lipinski definition) is 4. The molecule has 1 aromatic heterocycles. The van der Waals surface area contributed by atoms with Gasteiger partial charge < -0.3 is 5.73 Å². The predicted octanol–water partition coefficient (Wildman–Crippen LogP) is 2.99. The average Bonchev–Trinajstić information content (AvgIpc) is 2.68. The smallest absolute Gasteiger partial charge is 0.0940 e. The zero-order chi connectivity index (χ0) is 10.7. The van der Waals surface area contributed by atoms with Crippen LogP contribution in [-0.4, -0.2) is 16.0 Å². The van der Waals surface area contributed by atoms with Crippen LogP contribution in [0.3, 0.4) is 0 Å². The SMILES string of the molecule is C[C@@H](N)c1csc(C[C@H]2CCCCS2)n1. The van der Waals surface area contributed by atoms with Gasteiger partial charge in [0.2, 0.25) is 0 Å². The van der Waals surface area contributed by atoms with E-state index in [0.717, 1.165) is 17.4 Å². The van der Waals surface area contributed by atoms with Crippen LogP contribution in [0.2, 0.25) is 0 Å². The van der Waals surface area contributed by atoms with Gasteiger partial charge in [-0.15, -0.1) is 11.3 Å². The minimum atomic E-state index is 0.0778. The molecule has 0 aliphatic carbocycles. The molecule has 2 atom stereocenters. The maximum absolute atomic E-state index is 5.80. The van der Waals surface area contributed by atoms with Crippen LogP contribution in [0.15, 0.2) is 5.38 Å². The van der Waals surface area contributed by atoms with Crippen molar-refractivity contribution in [1.29, 1.82) is 0 Å². The molecule has 1 aromatic rings. The van der Waals surface area contributed by atoms with Crippen molar-refractivity contribution in [2.75, 3.05) is 5.75 Å². The summed E-state index contributed by atoms with van der Waals surface area (Å²) >= 11 is 3.88. The molecule has 0 bridgehead atoms. The van der Waals surface area contributed by atoms with Crippen LogP contribution >= 0.6 is 23.1 Å². The molecule has 0 radical (unpaired) electrons. The molecule has 84 valence electrons. The first-order valence-electron chi connectivity index (χ1n) is 5.57. The molecule has 4 heteroatoms. The number of hydrogen-bond donors (Lipinski definition) is 1. The average molecular weight is 242 g/mol. The zero-order valence-corrected chi connectivity index (χ0v) is 10.7. The molecule has 1 aliphatic heterocycles. The second-order valence-electron chi connectivity index (χ2n) is 4.15. The summed E-state index contributed by atoms with van der Waals surface area (Å²) in [6.07, 6.45) is 5.28. The fourth-order valence-electron chi connectivity index (χ4n) is 1.79. The number of nitrogens with two attached hydrogens (primary N) is 1. The Hall–Kier alpha value is -0.0600. The van der Waals surface area contributed by atoms with Gasteiger partial charge >= 0.3 is 0 Å². The van der Waals surface area contributed by atoms with Crippen molar-refractivity contribution in [2.45, 2.75) is 43.9 Å². The van der Waals surface area contributed by atoms with Crippen LogP contribution in [0.5, 0.6) is 0 Å². The maximum atomic E-state index is 5.80. The Kier molecular flexibility index (Phi) is 4.05. The summed E-state index contributed by atoms with van der Waals surface area (Å²) in [6.45, 7) is 1.99. The molecule has 0 aromatic carbocycles. The first-order chi connectivity index (χ1) is 7.25. The van der Waals surface area contributed by atoms with Crippen LogP contribution in [0.4, 0.5) is 0 Å². The third-order valence-electron chi connectivity index (χ3n) is 2.71. The molecule has 2 N–H and O–H groups in total. The summed E-state index contributed by atoms with van der Waals surface area (Å²) in [6, 6.07) is 0.0778. The van der Waals surface area contributed by atoms with Crippen molar-refractivity contribution in [1.82, 2.24) is 4.98 Å². The van der Waals surface area contributed by atoms with Gasteiger partial charge in [0.05, 0.1) is 10.7 Å². The Morgan fingerprint density at radius 3 is 3.07 bits per heavy atom. The Morgan fingerprint density at radius 1 is 1.60 bits per heavy atom. The number of thiazole rings is 1. The summed E-state index contributed by atoms with van der Waals surface area (Å²) in [5.41, 5.74) is 6.85. The first kappa shape index (κ1) is 11.4. The van der Waals surface area contributed by atoms with Gasteiger partial charge in [0, 0.05) is 23.1 Å². The highest BCUT2D eigenvalue weighted by Crippen LogP contribution is 2.29. The predicted molar refractivity (Wildman–Crippen MR) is 68.5 cm³/mol. The molecule has 15 heavy (non-hydrogen) atoms. The maximum Gasteiger partial charge on any atom is 0.0940 e. The van der Waals surface area contributed by atoms with Crippen molar-refractivity contribution in [3.8, 4) is 0 Å². The van der Waals surface area contributed by atoms with Crippen molar-refractivity contribution in [2.24, 2.45) is 5.73 Å². The summed E-state index contributed by atoms with van der Waals surface area (Å²) < 4.78 is 0. The molecular formula is C11H18N2S2. The van der Waals surface area contributed by atoms with Gasteiger partial charge in [-0.2, -0.15) is 11.8 Å². The van der Waals surface area contributed by atoms with Crippen LogP contribution in [0, 0.1) is 0 Å². The van der Waals surface area contributed by atoms with E-state index >= 15 is 0 Å². The van der Waals surface area contributed by atoms with Crippen LogP contribution < -0.4 is 5.73 Å². The number of aromatic nitrogens is 1. The third-order valence-corrected chi connectivity index (χ3v) is 5.00. The van der Waals surface area contributed by atoms with Gasteiger partial charge in [0.1, 0.15) is 0 Å². The fraction of sp³-hybridized carbons (Fsp3) is 0.727. The van der Waals surface area contributed by atoms with Gasteiger partial charge in [0.15, 0.2) is 0 Å². The molecule has 0 saturated carbocycles. The molecule has 2 nitrogen and oxygen atoms in total. The second-order valence-corrected chi connectivity index (χ2v) is 6.50. The van der Waals surface area contributed by atoms with E-state index in [0.29, 0.717) is 0 Å². The van der Waals surface area contributed by atoms with Crippen molar-refractivity contribution >= 4 is 23.1 Å². The zero-order valence-electron chi connectivity index (χ0n) is 9.11. The lowest BCUT2D eigenvalue weighted by molar-refractivity contribution is 0.657. The fourth-order valence-corrected chi connectivity index (χ4v) is 4.19. The molecule has 1 saturated heterocycles. The Bertz CT molecular complexity index is 303. The lowest BCUT2D eigenvalue weighted by Crippen LogP contribution is -2.12. The normalized spacial score (nSPS) is 24.0. The molecule has 1 fully saturated rings. The van der Waals surface area contributed by atoms with E-state index < -0.39 is 0 Å². The topological polar surface area (TPSA) is 38.9 Å². The third kappa shape index (κ3) is 3.20. The minimum absolute atomic E-state index is 0.0778. The summed E-state index contributed by atoms with van der Waals surface area (Å²) in [7, 11) is 0. The monoisotopic (exact) mass is 242 g/mol. The van der Waals surface area contributed by atoms with Crippen LogP contribution in [0.25, 0.3) is 0 Å². The molecule has 0 spiro atoms. The molecule has 1 aliphatic rings. The van der Waals surface area contributed by atoms with E-state index in [9.17, 15) is 0 Å². The van der Waals surface area contributed by atoms with E-state index in [4.69, 9.17) is 5.73 Å². The number of thioether (sulfide) groups is 1. The molecule has 2 rings (SSSR count). The van der Waals surface area contributed by atoms with Crippen molar-refractivity contribution in [3.63, 3.8) is 0 Å². The van der Waals surface area contributed by atoms with Crippen molar-refractivity contribution in [3.05, 3.63) is 16.1 Å². The summed E-state index contributed by atoms with van der Waals surface area (Å²) in [4.78, 5) is 4.58. The van der Waals surface area contributed by atoms with Gasteiger partial charge in [-0.3, -0.25) is 0 Å². The largest absolute Gasteiger partial charge is 0.323 e. The minimum Gasteiger partial charge on any atom is -0.323 e. The number of rotatable bonds is 3. The standard InChI is InChI=1S/C11H18N2S2/c1-8(12)10-7-15-11(13-10)6-9-4-2-3-5-14-9/h7-9H,2-6,12H2,1H3/t8-,9-/m1/s1. The van der Waals surface area contributed by atoms with Gasteiger partial charge in [-0.1, -0.05) is 6.42 Å². The van der Waals surface area contributed by atoms with Gasteiger partial charge in [-0.05, 0) is 25.5 Å². The van der Waals surface area contributed by atoms with Crippen molar-refractivity contribution < 1.29 is 0 Å². The summed E-state index contributed by atoms with van der Waals surface area (Å²) in [5.74, 6) is 1.33. The summed E-state index contributed by atoms with van der Waals surface area (Å²) in [5, 5.41) is 4.17. The molecule has 2 heterocycles. The first-order valence-corrected chi connectivity index (χ1v) is 7.50. The van der Waals surface area contributed by atoms with E-state index in [1.807, 2.05) is 6.92 Å². The van der Waals surface area contributed by atoms with Gasteiger partial charge in [-0.25, -0.2) is 4.98 Å². The Balaban J connectivity index is 1.91. The Morgan fingerprint density at radius 2 is 2.47 bits per heavy atom.